The molecule has 2 N–H and O–H groups in total. The molecule has 4 nitrogen and oxygen atoms in total. The third kappa shape index (κ3) is 2.99. The van der Waals surface area contributed by atoms with Crippen LogP contribution in [0.1, 0.15) is 44.6 Å². The third-order valence-corrected chi connectivity index (χ3v) is 6.17. The van der Waals surface area contributed by atoms with E-state index in [0.29, 0.717) is 17.1 Å². The van der Waals surface area contributed by atoms with Crippen molar-refractivity contribution in [3.63, 3.8) is 0 Å². The molecule has 2 rings (SSSR count). The number of aryl methyl sites for hydroxylation is 1. The van der Waals surface area contributed by atoms with Crippen molar-refractivity contribution < 1.29 is 8.42 Å². The quantitative estimate of drug-likeness (QED) is 0.869. The Labute approximate surface area is 122 Å². The molecule has 0 aromatic heterocycles. The minimum absolute atomic E-state index is 0.140. The van der Waals surface area contributed by atoms with E-state index >= 15 is 0 Å². The van der Waals surface area contributed by atoms with Gasteiger partial charge >= 0.3 is 0 Å². The fourth-order valence-electron chi connectivity index (χ4n) is 2.91. The maximum absolute atomic E-state index is 12.8. The molecule has 0 heterocycles. The second kappa shape index (κ2) is 6.14. The van der Waals surface area contributed by atoms with Crippen molar-refractivity contribution in [3.8, 4) is 0 Å². The lowest BCUT2D eigenvalue weighted by Crippen LogP contribution is -2.41. The summed E-state index contributed by atoms with van der Waals surface area (Å²) in [6, 6.07) is 5.15. The number of nitrogens with zero attached hydrogens (tertiary/aromatic N) is 1. The fraction of sp³-hybridized carbons (Fsp3) is 0.600. The van der Waals surface area contributed by atoms with E-state index < -0.39 is 10.0 Å². The van der Waals surface area contributed by atoms with Gasteiger partial charge in [-0.15, -0.1) is 0 Å². The molecule has 0 spiro atoms. The Balaban J connectivity index is 2.32. The number of sulfonamides is 1. The number of nitrogens with two attached hydrogens (primary N) is 1. The average molecular weight is 296 g/mol. The molecule has 1 aromatic carbocycles. The van der Waals surface area contributed by atoms with Crippen LogP contribution < -0.4 is 5.73 Å². The molecule has 0 atom stereocenters. The van der Waals surface area contributed by atoms with Crippen LogP contribution in [0.2, 0.25) is 0 Å². The Kier molecular flexibility index (Phi) is 4.70. The summed E-state index contributed by atoms with van der Waals surface area (Å²) in [5.41, 5.74) is 7.29. The molecule has 0 amide bonds. The molecule has 112 valence electrons. The van der Waals surface area contributed by atoms with Crippen molar-refractivity contribution in [3.05, 3.63) is 23.8 Å². The van der Waals surface area contributed by atoms with Crippen LogP contribution in [0.25, 0.3) is 0 Å². The van der Waals surface area contributed by atoms with E-state index in [9.17, 15) is 8.42 Å². The van der Waals surface area contributed by atoms with Gasteiger partial charge in [0.15, 0.2) is 0 Å². The highest BCUT2D eigenvalue weighted by atomic mass is 32.2. The van der Waals surface area contributed by atoms with E-state index in [1.54, 1.807) is 22.5 Å². The number of anilines is 1. The van der Waals surface area contributed by atoms with Crippen LogP contribution in [0, 0.1) is 6.92 Å². The summed E-state index contributed by atoms with van der Waals surface area (Å²) < 4.78 is 27.2. The topological polar surface area (TPSA) is 63.4 Å². The number of nitrogen functional groups attached to an aromatic ring is 1. The normalized spacial score (nSPS) is 17.6. The van der Waals surface area contributed by atoms with Gasteiger partial charge in [-0.05, 0) is 37.5 Å². The van der Waals surface area contributed by atoms with Crippen LogP contribution in [-0.2, 0) is 10.0 Å². The van der Waals surface area contributed by atoms with Gasteiger partial charge in [-0.1, -0.05) is 32.3 Å². The van der Waals surface area contributed by atoms with E-state index in [1.165, 1.54) is 6.42 Å². The van der Waals surface area contributed by atoms with Crippen molar-refractivity contribution in [2.24, 2.45) is 0 Å². The number of rotatable bonds is 4. The standard InChI is InChI=1S/C15H24N2O2S/c1-3-17(13-7-5-4-6-8-13)20(18,19)14-10-9-12(2)15(16)11-14/h9-11,13H,3-8,16H2,1-2H3. The first-order chi connectivity index (χ1) is 9.46. The predicted molar refractivity (Wildman–Crippen MR) is 82.0 cm³/mol. The summed E-state index contributed by atoms with van der Waals surface area (Å²) in [7, 11) is -3.44. The van der Waals surface area contributed by atoms with Gasteiger partial charge in [-0.25, -0.2) is 8.42 Å². The van der Waals surface area contributed by atoms with Crippen LogP contribution in [0.15, 0.2) is 23.1 Å². The zero-order chi connectivity index (χ0) is 14.8. The van der Waals surface area contributed by atoms with Gasteiger partial charge in [0.05, 0.1) is 4.90 Å². The van der Waals surface area contributed by atoms with Crippen LogP contribution >= 0.6 is 0 Å². The summed E-state index contributed by atoms with van der Waals surface area (Å²) in [6.07, 6.45) is 5.38. The second-order valence-electron chi connectivity index (χ2n) is 5.52. The Morgan fingerprint density at radius 2 is 1.90 bits per heavy atom. The van der Waals surface area contributed by atoms with E-state index in [2.05, 4.69) is 0 Å². The van der Waals surface area contributed by atoms with Crippen molar-refractivity contribution in [2.75, 3.05) is 12.3 Å². The van der Waals surface area contributed by atoms with Crippen molar-refractivity contribution in [1.29, 1.82) is 0 Å². The van der Waals surface area contributed by atoms with Gasteiger partial charge in [0.2, 0.25) is 10.0 Å². The maximum Gasteiger partial charge on any atom is 0.243 e. The van der Waals surface area contributed by atoms with Crippen LogP contribution in [-0.4, -0.2) is 25.3 Å². The molecule has 1 aliphatic carbocycles. The molecule has 1 aromatic rings. The minimum Gasteiger partial charge on any atom is -0.398 e. The van der Waals surface area contributed by atoms with E-state index in [1.807, 2.05) is 13.8 Å². The van der Waals surface area contributed by atoms with E-state index in [-0.39, 0.29) is 6.04 Å². The smallest absolute Gasteiger partial charge is 0.243 e. The van der Waals surface area contributed by atoms with Crippen molar-refractivity contribution in [1.82, 2.24) is 4.31 Å². The lowest BCUT2D eigenvalue weighted by molar-refractivity contribution is 0.261. The second-order valence-corrected chi connectivity index (χ2v) is 7.41. The summed E-state index contributed by atoms with van der Waals surface area (Å²) >= 11 is 0. The number of benzene rings is 1. The predicted octanol–water partition coefficient (Wildman–Crippen LogP) is 2.92. The van der Waals surface area contributed by atoms with Gasteiger partial charge in [0.25, 0.3) is 0 Å². The summed E-state index contributed by atoms with van der Waals surface area (Å²) in [6.45, 7) is 4.30. The van der Waals surface area contributed by atoms with Crippen LogP contribution in [0.4, 0.5) is 5.69 Å². The molecular formula is C15H24N2O2S. The molecule has 5 heteroatoms. The van der Waals surface area contributed by atoms with E-state index in [0.717, 1.165) is 31.2 Å². The largest absolute Gasteiger partial charge is 0.398 e. The fourth-order valence-corrected chi connectivity index (χ4v) is 4.64. The van der Waals surface area contributed by atoms with Gasteiger partial charge < -0.3 is 5.73 Å². The summed E-state index contributed by atoms with van der Waals surface area (Å²) in [4.78, 5) is 0.313. The molecule has 0 radical (unpaired) electrons. The summed E-state index contributed by atoms with van der Waals surface area (Å²) in [5.74, 6) is 0. The van der Waals surface area contributed by atoms with E-state index in [4.69, 9.17) is 5.73 Å². The van der Waals surface area contributed by atoms with Gasteiger partial charge in [-0.3, -0.25) is 0 Å². The molecular weight excluding hydrogens is 272 g/mol. The van der Waals surface area contributed by atoms with Gasteiger partial charge in [0, 0.05) is 18.3 Å². The zero-order valence-electron chi connectivity index (χ0n) is 12.3. The van der Waals surface area contributed by atoms with Crippen LogP contribution in [0.3, 0.4) is 0 Å². The highest BCUT2D eigenvalue weighted by molar-refractivity contribution is 7.89. The average Bonchev–Trinajstić information content (AvgIpc) is 2.43. The number of hydrogen-bond acceptors (Lipinski definition) is 3. The van der Waals surface area contributed by atoms with Crippen molar-refractivity contribution >= 4 is 15.7 Å². The first kappa shape index (κ1) is 15.3. The Morgan fingerprint density at radius 3 is 2.45 bits per heavy atom. The molecule has 0 saturated heterocycles. The molecule has 1 aliphatic rings. The summed E-state index contributed by atoms with van der Waals surface area (Å²) in [5, 5.41) is 0. The molecule has 20 heavy (non-hydrogen) atoms. The molecule has 0 unspecified atom stereocenters. The first-order valence-corrected chi connectivity index (χ1v) is 8.78. The van der Waals surface area contributed by atoms with Gasteiger partial charge in [0.1, 0.15) is 0 Å². The lowest BCUT2D eigenvalue weighted by atomic mass is 9.95. The Bertz CT molecular complexity index is 563. The van der Waals surface area contributed by atoms with Crippen molar-refractivity contribution in [2.45, 2.75) is 56.9 Å². The molecule has 0 aliphatic heterocycles. The van der Waals surface area contributed by atoms with Gasteiger partial charge in [-0.2, -0.15) is 4.31 Å². The third-order valence-electron chi connectivity index (χ3n) is 4.15. The SMILES string of the molecule is CCN(C1CCCCC1)S(=O)(=O)c1ccc(C)c(N)c1. The highest BCUT2D eigenvalue weighted by Crippen LogP contribution is 2.28. The molecule has 0 bridgehead atoms. The minimum atomic E-state index is -3.44. The molecule has 1 fully saturated rings. The Hall–Kier alpha value is -1.07. The lowest BCUT2D eigenvalue weighted by Gasteiger charge is -2.32. The highest BCUT2D eigenvalue weighted by Gasteiger charge is 2.31. The monoisotopic (exact) mass is 296 g/mol. The van der Waals surface area contributed by atoms with Crippen LogP contribution in [0.5, 0.6) is 0 Å². The Morgan fingerprint density at radius 1 is 1.25 bits per heavy atom. The first-order valence-electron chi connectivity index (χ1n) is 7.34. The maximum atomic E-state index is 12.8. The zero-order valence-corrected chi connectivity index (χ0v) is 13.1. The molecule has 1 saturated carbocycles. The number of hydrogen-bond donors (Lipinski definition) is 1.